The largest absolute Gasteiger partial charge is 0.507 e. The Morgan fingerprint density at radius 2 is 2.00 bits per heavy atom. The first-order valence-corrected chi connectivity index (χ1v) is 4.41. The first-order valence-electron chi connectivity index (χ1n) is 4.41. The fourth-order valence-corrected chi connectivity index (χ4v) is 1.13. The molecule has 0 aliphatic rings. The van der Waals surface area contributed by atoms with E-state index in [0.717, 1.165) is 0 Å². The lowest BCUT2D eigenvalue weighted by atomic mass is 10.1. The van der Waals surface area contributed by atoms with E-state index in [0.29, 0.717) is 5.56 Å². The van der Waals surface area contributed by atoms with Gasteiger partial charge in [0.2, 0.25) is 0 Å². The maximum absolute atomic E-state index is 11.4. The number of hydrogen-bond donors (Lipinski definition) is 4. The van der Waals surface area contributed by atoms with Crippen LogP contribution in [0.3, 0.4) is 0 Å². The molecule has 7 heteroatoms. The second kappa shape index (κ2) is 5.86. The Morgan fingerprint density at radius 3 is 2.47 bits per heavy atom. The van der Waals surface area contributed by atoms with E-state index in [2.05, 4.69) is 0 Å². The fraction of sp³-hybridized carbons (Fsp3) is 0.100. The van der Waals surface area contributed by atoms with E-state index in [9.17, 15) is 14.7 Å². The van der Waals surface area contributed by atoms with E-state index in [4.69, 9.17) is 11.1 Å². The van der Waals surface area contributed by atoms with Crippen LogP contribution in [-0.4, -0.2) is 22.8 Å². The number of nitrogens with one attached hydrogen (secondary N) is 2. The molecule has 0 aliphatic heterocycles. The molecule has 0 atom stereocenters. The van der Waals surface area contributed by atoms with E-state index in [1.807, 2.05) is 5.32 Å². The van der Waals surface area contributed by atoms with Crippen LogP contribution in [0.1, 0.15) is 27.6 Å². The molecule has 0 saturated heterocycles. The zero-order valence-corrected chi connectivity index (χ0v) is 9.80. The zero-order valence-electron chi connectivity index (χ0n) is 8.98. The molecule has 0 aliphatic carbocycles. The monoisotopic (exact) mass is 257 g/mol. The van der Waals surface area contributed by atoms with Crippen LogP contribution in [0, 0.1) is 5.41 Å². The van der Waals surface area contributed by atoms with Crippen LogP contribution in [0.2, 0.25) is 0 Å². The molecule has 0 heterocycles. The number of hydrogen-bond acceptors (Lipinski definition) is 4. The first-order chi connectivity index (χ1) is 7.41. The topological polar surface area (TPSA) is 116 Å². The van der Waals surface area contributed by atoms with Gasteiger partial charge in [-0.15, -0.1) is 12.4 Å². The van der Waals surface area contributed by atoms with Gasteiger partial charge >= 0.3 is 0 Å². The van der Waals surface area contributed by atoms with Crippen molar-refractivity contribution in [1.82, 2.24) is 5.32 Å². The highest BCUT2D eigenvalue weighted by Crippen LogP contribution is 2.18. The number of aromatic hydroxyl groups is 1. The van der Waals surface area contributed by atoms with E-state index >= 15 is 0 Å². The third-order valence-corrected chi connectivity index (χ3v) is 1.90. The second-order valence-corrected chi connectivity index (χ2v) is 3.16. The summed E-state index contributed by atoms with van der Waals surface area (Å²) in [6.07, 6.45) is 0. The van der Waals surface area contributed by atoms with Gasteiger partial charge < -0.3 is 10.8 Å². The number of nitrogens with two attached hydrogens (primary N) is 1. The normalized spacial score (nSPS) is 9.00. The number of rotatable bonds is 2. The molecule has 1 amide bonds. The summed E-state index contributed by atoms with van der Waals surface area (Å²) in [6.45, 7) is 1.35. The van der Waals surface area contributed by atoms with E-state index in [1.54, 1.807) is 0 Å². The first kappa shape index (κ1) is 14.9. The number of phenols is 1. The van der Waals surface area contributed by atoms with Gasteiger partial charge in [0.15, 0.2) is 11.7 Å². The molecule has 1 aromatic carbocycles. The van der Waals surface area contributed by atoms with Gasteiger partial charge in [-0.3, -0.25) is 20.3 Å². The Balaban J connectivity index is 0.00000256. The summed E-state index contributed by atoms with van der Waals surface area (Å²) in [7, 11) is 0. The Morgan fingerprint density at radius 1 is 1.41 bits per heavy atom. The number of carbonyl (C=O) groups excluding carboxylic acids is 2. The summed E-state index contributed by atoms with van der Waals surface area (Å²) in [5, 5.41) is 18.3. The second-order valence-electron chi connectivity index (χ2n) is 3.16. The van der Waals surface area contributed by atoms with Crippen molar-refractivity contribution >= 4 is 30.1 Å². The number of benzene rings is 1. The Bertz CT molecular complexity index is 474. The Hall–Kier alpha value is -2.08. The highest BCUT2D eigenvalue weighted by molar-refractivity contribution is 6.07. The number of ketones is 1. The highest BCUT2D eigenvalue weighted by Gasteiger charge is 2.13. The fourth-order valence-electron chi connectivity index (χ4n) is 1.13. The molecule has 0 aromatic heterocycles. The molecule has 17 heavy (non-hydrogen) atoms. The van der Waals surface area contributed by atoms with E-state index < -0.39 is 11.9 Å². The van der Waals surface area contributed by atoms with Crippen LogP contribution in [0.25, 0.3) is 0 Å². The number of guanidine groups is 1. The van der Waals surface area contributed by atoms with Gasteiger partial charge in [-0.1, -0.05) is 0 Å². The average molecular weight is 258 g/mol. The highest BCUT2D eigenvalue weighted by atomic mass is 35.5. The third-order valence-electron chi connectivity index (χ3n) is 1.90. The molecule has 0 bridgehead atoms. The molecule has 1 rings (SSSR count). The van der Waals surface area contributed by atoms with Gasteiger partial charge in [0.05, 0.1) is 5.56 Å². The average Bonchev–Trinajstić information content (AvgIpc) is 2.16. The predicted molar refractivity (Wildman–Crippen MR) is 64.7 cm³/mol. The number of halogens is 1. The number of amides is 1. The summed E-state index contributed by atoms with van der Waals surface area (Å²) in [5.74, 6) is -1.76. The lowest BCUT2D eigenvalue weighted by molar-refractivity contribution is 0.0974. The van der Waals surface area contributed by atoms with Crippen LogP contribution >= 0.6 is 12.4 Å². The van der Waals surface area contributed by atoms with Crippen LogP contribution < -0.4 is 11.1 Å². The SMILES string of the molecule is CC(=O)c1ccc(O)c(C(=O)NC(=N)N)c1.Cl. The minimum Gasteiger partial charge on any atom is -0.507 e. The maximum atomic E-state index is 11.4. The molecular formula is C10H12ClN3O3. The summed E-state index contributed by atoms with van der Waals surface area (Å²) in [4.78, 5) is 22.5. The Kier molecular flexibility index (Phi) is 5.14. The van der Waals surface area contributed by atoms with Crippen molar-refractivity contribution in [1.29, 1.82) is 5.41 Å². The summed E-state index contributed by atoms with van der Waals surface area (Å²) >= 11 is 0. The molecule has 92 valence electrons. The van der Waals surface area contributed by atoms with Gasteiger partial charge in [-0.05, 0) is 25.1 Å². The van der Waals surface area contributed by atoms with Crippen LogP contribution in [0.4, 0.5) is 0 Å². The van der Waals surface area contributed by atoms with Crippen molar-refractivity contribution in [2.75, 3.05) is 0 Å². The molecule has 0 fully saturated rings. The third kappa shape index (κ3) is 3.76. The van der Waals surface area contributed by atoms with Crippen molar-refractivity contribution in [2.24, 2.45) is 5.73 Å². The van der Waals surface area contributed by atoms with Crippen molar-refractivity contribution in [3.05, 3.63) is 29.3 Å². The number of Topliss-reactive ketones (excluding diaryl/α,β-unsaturated/α-hetero) is 1. The van der Waals surface area contributed by atoms with E-state index in [-0.39, 0.29) is 29.5 Å². The van der Waals surface area contributed by atoms with Crippen molar-refractivity contribution in [3.8, 4) is 5.75 Å². The van der Waals surface area contributed by atoms with Gasteiger partial charge in [0, 0.05) is 5.56 Å². The van der Waals surface area contributed by atoms with Gasteiger partial charge in [-0.25, -0.2) is 0 Å². The molecule has 0 spiro atoms. The molecule has 6 nitrogen and oxygen atoms in total. The van der Waals surface area contributed by atoms with Gasteiger partial charge in [0.25, 0.3) is 5.91 Å². The summed E-state index contributed by atoms with van der Waals surface area (Å²) in [6, 6.07) is 3.89. The molecule has 5 N–H and O–H groups in total. The summed E-state index contributed by atoms with van der Waals surface area (Å²) < 4.78 is 0. The minimum absolute atomic E-state index is 0. The minimum atomic E-state index is -0.729. The van der Waals surface area contributed by atoms with Crippen LogP contribution in [0.5, 0.6) is 5.75 Å². The zero-order chi connectivity index (χ0) is 12.3. The maximum Gasteiger partial charge on any atom is 0.261 e. The van der Waals surface area contributed by atoms with Crippen LogP contribution in [0.15, 0.2) is 18.2 Å². The molecule has 0 saturated carbocycles. The van der Waals surface area contributed by atoms with Gasteiger partial charge in [-0.2, -0.15) is 0 Å². The van der Waals surface area contributed by atoms with Crippen molar-refractivity contribution < 1.29 is 14.7 Å². The van der Waals surface area contributed by atoms with Crippen molar-refractivity contribution in [3.63, 3.8) is 0 Å². The number of phenolic OH excluding ortho intramolecular Hbond substituents is 1. The summed E-state index contributed by atoms with van der Waals surface area (Å²) in [5.41, 5.74) is 5.18. The number of carbonyl (C=O) groups is 2. The molecule has 0 radical (unpaired) electrons. The predicted octanol–water partition coefficient (Wildman–Crippen LogP) is 0.640. The quantitative estimate of drug-likeness (QED) is 0.353. The lowest BCUT2D eigenvalue weighted by Crippen LogP contribution is -2.35. The van der Waals surface area contributed by atoms with Crippen LogP contribution in [-0.2, 0) is 0 Å². The molecule has 1 aromatic rings. The van der Waals surface area contributed by atoms with E-state index in [1.165, 1.54) is 25.1 Å². The standard InChI is InChI=1S/C10H11N3O3.ClH/c1-5(14)6-2-3-8(15)7(4-6)9(16)13-10(11)12;/h2-4,15H,1H3,(H4,11,12,13,16);1H. The van der Waals surface area contributed by atoms with Crippen molar-refractivity contribution in [2.45, 2.75) is 6.92 Å². The Labute approximate surface area is 104 Å². The smallest absolute Gasteiger partial charge is 0.261 e. The lowest BCUT2D eigenvalue weighted by Gasteiger charge is -2.06. The molecule has 0 unspecified atom stereocenters. The van der Waals surface area contributed by atoms with Gasteiger partial charge in [0.1, 0.15) is 5.75 Å². The molecular weight excluding hydrogens is 246 g/mol.